The normalized spacial score (nSPS) is 10.7. The molecule has 0 aliphatic heterocycles. The van der Waals surface area contributed by atoms with Gasteiger partial charge < -0.3 is 24.6 Å². The van der Waals surface area contributed by atoms with Gasteiger partial charge in [-0.3, -0.25) is 10.1 Å². The molecule has 0 bridgehead atoms. The topological polar surface area (TPSA) is 71.9 Å². The summed E-state index contributed by atoms with van der Waals surface area (Å²) in [6, 6.07) is 142. The van der Waals surface area contributed by atoms with E-state index in [0.717, 1.165) is 84.8 Å². The minimum absolute atomic E-state index is 0. The molecule has 0 unspecified atom stereocenters. The van der Waals surface area contributed by atoms with E-state index in [0.29, 0.717) is 5.56 Å². The van der Waals surface area contributed by atoms with Crippen molar-refractivity contribution in [1.82, 2.24) is 4.98 Å². The highest BCUT2D eigenvalue weighted by atomic mass is 31.1. The van der Waals surface area contributed by atoms with Gasteiger partial charge in [-0.1, -0.05) is 274 Å². The first-order valence-corrected chi connectivity index (χ1v) is 34.3. The van der Waals surface area contributed by atoms with Gasteiger partial charge in [-0.05, 0) is 169 Å². The second kappa shape index (κ2) is 31.8. The van der Waals surface area contributed by atoms with Gasteiger partial charge in [0.25, 0.3) is 5.69 Å². The molecule has 0 spiro atoms. The summed E-state index contributed by atoms with van der Waals surface area (Å²) in [6.45, 7) is 0. The number of benzene rings is 15. The number of anilines is 12. The second-order valence-corrected chi connectivity index (χ2v) is 25.7. The average molecular weight is 1310 g/mol. The Morgan fingerprint density at radius 1 is 0.270 bits per heavy atom. The lowest BCUT2D eigenvalue weighted by atomic mass is 10.0. The van der Waals surface area contributed by atoms with Crippen molar-refractivity contribution >= 4 is 120 Å². The van der Waals surface area contributed by atoms with Gasteiger partial charge in [-0.2, -0.15) is 0 Å². The number of hydrogen-bond donors (Lipinski definition) is 1. The van der Waals surface area contributed by atoms with Crippen LogP contribution in [0, 0.1) is 10.1 Å². The number of hydrogen-bond acceptors (Lipinski definition) is 6. The molecule has 484 valence electrons. The van der Waals surface area contributed by atoms with Crippen molar-refractivity contribution in [3.8, 4) is 11.1 Å². The summed E-state index contributed by atoms with van der Waals surface area (Å²) < 4.78 is 0. The first-order chi connectivity index (χ1) is 49.0. The van der Waals surface area contributed by atoms with Crippen LogP contribution in [0.3, 0.4) is 0 Å². The number of rotatable bonds is 17. The Morgan fingerprint density at radius 2 is 0.550 bits per heavy atom. The van der Waals surface area contributed by atoms with Gasteiger partial charge in [-0.15, -0.1) is 0 Å². The van der Waals surface area contributed by atoms with Gasteiger partial charge in [0.15, 0.2) is 0 Å². The first kappa shape index (κ1) is 65.8. The Bertz CT molecular complexity index is 4870. The van der Waals surface area contributed by atoms with Gasteiger partial charge in [0.2, 0.25) is 0 Å². The number of fused-ring (bicyclic) bond motifs is 3. The molecule has 1 aromatic heterocycles. The molecular formula is C91H73N6O2P. The van der Waals surface area contributed by atoms with E-state index < -0.39 is 7.92 Å². The number of nitrogens with one attached hydrogen (secondary N) is 1. The fourth-order valence-corrected chi connectivity index (χ4v) is 15.0. The van der Waals surface area contributed by atoms with E-state index in [1.54, 1.807) is 12.1 Å². The van der Waals surface area contributed by atoms with Crippen LogP contribution in [0.25, 0.3) is 32.9 Å². The molecule has 1 N–H and O–H groups in total. The molecular weight excluding hydrogens is 1240 g/mol. The van der Waals surface area contributed by atoms with E-state index >= 15 is 0 Å². The van der Waals surface area contributed by atoms with Crippen LogP contribution < -0.4 is 35.5 Å². The van der Waals surface area contributed by atoms with Crippen LogP contribution in [0.15, 0.2) is 413 Å². The predicted molar refractivity (Wildman–Crippen MR) is 425 cm³/mol. The fraction of sp³-hybridized carbons (Fsp3) is 0.0110. The van der Waals surface area contributed by atoms with E-state index in [-0.39, 0.29) is 18.0 Å². The summed E-state index contributed by atoms with van der Waals surface area (Å²) in [6.07, 6.45) is 0. The number of nitrogens with zero attached hydrogens (tertiary/aromatic N) is 5. The van der Waals surface area contributed by atoms with Gasteiger partial charge >= 0.3 is 0 Å². The summed E-state index contributed by atoms with van der Waals surface area (Å²) in [5, 5.41) is 18.7. The SMILES string of the molecule is C.O=[N+]([O-])c1ccccc1-c1cc(N(c2ccccc2)c2ccccc2)cc(N(c2ccccc2)c2ccccc2)c1.c1ccc(N(c2ccccc2)c2cc(N(c3ccccc3)c3ccccc3)c3[nH]c4ccccc4c3c2)cc1.c1ccc(P(c2ccccc2)c2ccccc2)cc1. The van der Waals surface area contributed by atoms with E-state index in [1.807, 2.05) is 97.1 Å². The quantitative estimate of drug-likeness (QED) is 0.0556. The van der Waals surface area contributed by atoms with Crippen LogP contribution in [0.5, 0.6) is 0 Å². The third kappa shape index (κ3) is 14.9. The Morgan fingerprint density at radius 3 is 0.890 bits per heavy atom. The van der Waals surface area contributed by atoms with Gasteiger partial charge in [0, 0.05) is 84.9 Å². The molecule has 0 aliphatic carbocycles. The van der Waals surface area contributed by atoms with Crippen LogP contribution in [0.1, 0.15) is 7.43 Å². The highest BCUT2D eigenvalue weighted by Gasteiger charge is 2.25. The highest BCUT2D eigenvalue weighted by Crippen LogP contribution is 2.48. The second-order valence-electron chi connectivity index (χ2n) is 23.4. The van der Waals surface area contributed by atoms with Crippen LogP contribution >= 0.6 is 7.92 Å². The maximum atomic E-state index is 12.1. The average Bonchev–Trinajstić information content (AvgIpc) is 1.54. The molecule has 9 heteroatoms. The van der Waals surface area contributed by atoms with E-state index in [2.05, 4.69) is 328 Å². The van der Waals surface area contributed by atoms with Crippen LogP contribution in [0.4, 0.5) is 73.9 Å². The molecule has 0 saturated heterocycles. The van der Waals surface area contributed by atoms with Crippen molar-refractivity contribution in [2.45, 2.75) is 7.43 Å². The Kier molecular flexibility index (Phi) is 20.9. The number of nitro benzene ring substituents is 1. The van der Waals surface area contributed by atoms with Gasteiger partial charge in [0.05, 0.1) is 21.7 Å². The van der Waals surface area contributed by atoms with Crippen LogP contribution in [-0.4, -0.2) is 9.91 Å². The molecule has 0 amide bonds. The lowest BCUT2D eigenvalue weighted by Gasteiger charge is -2.30. The molecule has 100 heavy (non-hydrogen) atoms. The molecule has 8 nitrogen and oxygen atoms in total. The molecule has 0 atom stereocenters. The van der Waals surface area contributed by atoms with Crippen molar-refractivity contribution in [2.75, 3.05) is 19.6 Å². The minimum atomic E-state index is -0.446. The van der Waals surface area contributed by atoms with E-state index in [9.17, 15) is 10.1 Å². The monoisotopic (exact) mass is 1310 g/mol. The van der Waals surface area contributed by atoms with Crippen molar-refractivity contribution in [3.05, 3.63) is 423 Å². The summed E-state index contributed by atoms with van der Waals surface area (Å²) in [5.74, 6) is 0. The summed E-state index contributed by atoms with van der Waals surface area (Å²) >= 11 is 0. The number of para-hydroxylation sites is 10. The lowest BCUT2D eigenvalue weighted by Crippen LogP contribution is -2.20. The van der Waals surface area contributed by atoms with Crippen molar-refractivity contribution in [2.24, 2.45) is 0 Å². The van der Waals surface area contributed by atoms with Crippen molar-refractivity contribution in [1.29, 1.82) is 0 Å². The maximum Gasteiger partial charge on any atom is 0.277 e. The predicted octanol–water partition coefficient (Wildman–Crippen LogP) is 24.5. The number of aromatic nitrogens is 1. The molecule has 16 rings (SSSR count). The first-order valence-electron chi connectivity index (χ1n) is 33.0. The summed E-state index contributed by atoms with van der Waals surface area (Å²) in [7, 11) is -0.446. The number of H-pyrrole nitrogens is 1. The maximum absolute atomic E-state index is 12.1. The minimum Gasteiger partial charge on any atom is -0.353 e. The Hall–Kier alpha value is -12.9. The zero-order valence-electron chi connectivity index (χ0n) is 54.3. The Labute approximate surface area is 586 Å². The Balaban J connectivity index is 0.000000142. The van der Waals surface area contributed by atoms with Crippen LogP contribution in [0.2, 0.25) is 0 Å². The van der Waals surface area contributed by atoms with Gasteiger partial charge in [-0.25, -0.2) is 0 Å². The molecule has 0 radical (unpaired) electrons. The molecule has 0 saturated carbocycles. The van der Waals surface area contributed by atoms with E-state index in [1.165, 1.54) is 26.7 Å². The van der Waals surface area contributed by atoms with Crippen molar-refractivity contribution < 1.29 is 4.92 Å². The fourth-order valence-electron chi connectivity index (χ4n) is 12.7. The molecule has 15 aromatic carbocycles. The summed E-state index contributed by atoms with van der Waals surface area (Å²) in [4.78, 5) is 24.6. The smallest absolute Gasteiger partial charge is 0.277 e. The largest absolute Gasteiger partial charge is 0.353 e. The summed E-state index contributed by atoms with van der Waals surface area (Å²) in [5.41, 5.74) is 15.9. The standard InChI is InChI=1S/C36H27N3O2.C36H27N3.C18H15P.CH4/c40-39(41)36-24-14-13-23-35(36)28-25-33(37(29-15-5-1-6-16-29)30-17-7-2-8-18-30)27-34(26-28)38(31-19-9-3-10-20-31)32-21-11-4-12-22-32;1-5-15-27(16-6-1)38(28-17-7-2-8-18-28)31-25-33-32-23-13-14-24-34(32)37-36(33)35(26-31)39(29-19-9-3-10-20-29)30-21-11-4-12-22-30;1-4-10-16(11-5-1)19(17-12-6-2-7-13-17)18-14-8-3-9-15-18;/h1-27H;1-26,37H;1-15H;1H4. The van der Waals surface area contributed by atoms with Crippen LogP contribution in [-0.2, 0) is 0 Å². The molecule has 0 fully saturated rings. The zero-order valence-corrected chi connectivity index (χ0v) is 55.2. The zero-order chi connectivity index (χ0) is 67.0. The third-order valence-electron chi connectivity index (χ3n) is 17.1. The molecule has 0 aliphatic rings. The van der Waals surface area contributed by atoms with Gasteiger partial charge in [0.1, 0.15) is 0 Å². The van der Waals surface area contributed by atoms with Crippen molar-refractivity contribution in [3.63, 3.8) is 0 Å². The number of aromatic amines is 1. The lowest BCUT2D eigenvalue weighted by molar-refractivity contribution is -0.384. The van der Waals surface area contributed by atoms with E-state index in [4.69, 9.17) is 0 Å². The third-order valence-corrected chi connectivity index (χ3v) is 19.5. The molecule has 1 heterocycles. The molecule has 16 aromatic rings. The highest BCUT2D eigenvalue weighted by molar-refractivity contribution is 7.79. The number of nitro groups is 1.